The van der Waals surface area contributed by atoms with E-state index in [2.05, 4.69) is 15.3 Å². The third-order valence-corrected chi connectivity index (χ3v) is 4.11. The zero-order chi connectivity index (χ0) is 18.8. The lowest BCUT2D eigenvalue weighted by Gasteiger charge is -2.12. The first-order chi connectivity index (χ1) is 12.3. The number of fused-ring (bicyclic) bond motifs is 1. The molecule has 1 aromatic carbocycles. The molecule has 7 heteroatoms. The van der Waals surface area contributed by atoms with Crippen molar-refractivity contribution in [2.75, 3.05) is 6.54 Å². The number of carbonyl (C=O) groups excluding carboxylic acids is 1. The molecule has 3 rings (SSSR count). The zero-order valence-corrected chi connectivity index (χ0v) is 14.8. The average molecular weight is 354 g/mol. The molecule has 0 aliphatic rings. The molecule has 0 radical (unpaired) electrons. The Labute approximate surface area is 149 Å². The molecule has 0 bridgehead atoms. The van der Waals surface area contributed by atoms with Crippen LogP contribution >= 0.6 is 0 Å². The number of pyridine rings is 1. The van der Waals surface area contributed by atoms with Gasteiger partial charge in [-0.1, -0.05) is 0 Å². The molecule has 0 aliphatic carbocycles. The Morgan fingerprint density at radius 3 is 2.58 bits per heavy atom. The van der Waals surface area contributed by atoms with Crippen molar-refractivity contribution in [3.63, 3.8) is 0 Å². The molecule has 0 unspecified atom stereocenters. The van der Waals surface area contributed by atoms with E-state index in [9.17, 15) is 14.0 Å². The Kier molecular flexibility index (Phi) is 4.79. The molecule has 0 atom stereocenters. The second kappa shape index (κ2) is 7.03. The summed E-state index contributed by atoms with van der Waals surface area (Å²) in [7, 11) is 0. The van der Waals surface area contributed by atoms with Crippen LogP contribution in [0.5, 0.6) is 0 Å². The molecule has 3 aromatic rings. The highest BCUT2D eigenvalue weighted by Crippen LogP contribution is 2.19. The number of halogens is 1. The molecule has 0 fully saturated rings. The number of aromatic nitrogens is 3. The summed E-state index contributed by atoms with van der Waals surface area (Å²) in [5, 5.41) is 3.39. The summed E-state index contributed by atoms with van der Waals surface area (Å²) in [6.07, 6.45) is 0. The van der Waals surface area contributed by atoms with Gasteiger partial charge in [0, 0.05) is 41.6 Å². The van der Waals surface area contributed by atoms with Crippen LogP contribution in [0.4, 0.5) is 4.39 Å². The predicted molar refractivity (Wildman–Crippen MR) is 96.7 cm³/mol. The molecule has 0 aliphatic heterocycles. The average Bonchev–Trinajstić information content (AvgIpc) is 2.55. The maximum absolute atomic E-state index is 13.4. The summed E-state index contributed by atoms with van der Waals surface area (Å²) in [5.74, 6) is -0.693. The van der Waals surface area contributed by atoms with E-state index in [1.54, 1.807) is 26.0 Å². The second-order valence-electron chi connectivity index (χ2n) is 6.20. The van der Waals surface area contributed by atoms with E-state index in [-0.39, 0.29) is 18.1 Å². The van der Waals surface area contributed by atoms with E-state index in [0.717, 1.165) is 5.69 Å². The number of hydrogen-bond donors (Lipinski definition) is 1. The Bertz CT molecular complexity index is 1050. The molecule has 1 N–H and O–H groups in total. The molecule has 134 valence electrons. The number of hydrogen-bond acceptors (Lipinski definition) is 4. The van der Waals surface area contributed by atoms with Crippen LogP contribution in [0.25, 0.3) is 10.9 Å². The highest BCUT2D eigenvalue weighted by molar-refractivity contribution is 6.06. The van der Waals surface area contributed by atoms with E-state index in [4.69, 9.17) is 0 Å². The minimum Gasteiger partial charge on any atom is -0.350 e. The van der Waals surface area contributed by atoms with Crippen molar-refractivity contribution in [1.29, 1.82) is 0 Å². The molecular formula is C19H19FN4O2. The first-order valence-electron chi connectivity index (χ1n) is 8.25. The van der Waals surface area contributed by atoms with Gasteiger partial charge in [0.2, 0.25) is 0 Å². The Morgan fingerprint density at radius 2 is 1.85 bits per heavy atom. The molecule has 2 aromatic heterocycles. The third-order valence-electron chi connectivity index (χ3n) is 4.11. The summed E-state index contributed by atoms with van der Waals surface area (Å²) in [5.41, 5.74) is 2.61. The first kappa shape index (κ1) is 17.7. The molecule has 6 nitrogen and oxygen atoms in total. The van der Waals surface area contributed by atoms with Crippen LogP contribution in [0.15, 0.2) is 35.1 Å². The molecule has 0 spiro atoms. The number of amides is 1. The van der Waals surface area contributed by atoms with Gasteiger partial charge in [-0.15, -0.1) is 0 Å². The summed E-state index contributed by atoms with van der Waals surface area (Å²) in [6, 6.07) is 7.64. The van der Waals surface area contributed by atoms with Gasteiger partial charge in [0.05, 0.1) is 11.1 Å². The summed E-state index contributed by atoms with van der Waals surface area (Å²) in [4.78, 5) is 32.7. The second-order valence-corrected chi connectivity index (χ2v) is 6.20. The monoisotopic (exact) mass is 354 g/mol. The number of aryl methyl sites for hydroxylation is 3. The van der Waals surface area contributed by atoms with Crippen molar-refractivity contribution >= 4 is 16.8 Å². The van der Waals surface area contributed by atoms with Crippen molar-refractivity contribution in [1.82, 2.24) is 19.9 Å². The smallest absolute Gasteiger partial charge is 0.348 e. The Hall–Kier alpha value is -3.09. The van der Waals surface area contributed by atoms with Crippen LogP contribution in [-0.2, 0) is 6.54 Å². The van der Waals surface area contributed by atoms with Crippen molar-refractivity contribution in [3.05, 3.63) is 69.3 Å². The van der Waals surface area contributed by atoms with Crippen molar-refractivity contribution in [2.24, 2.45) is 0 Å². The van der Waals surface area contributed by atoms with E-state index in [1.165, 1.54) is 16.7 Å². The lowest BCUT2D eigenvalue weighted by molar-refractivity contribution is 0.0953. The fraction of sp³-hybridized carbons (Fsp3) is 0.263. The molecule has 26 heavy (non-hydrogen) atoms. The summed E-state index contributed by atoms with van der Waals surface area (Å²) >= 11 is 0. The van der Waals surface area contributed by atoms with Gasteiger partial charge < -0.3 is 5.32 Å². The van der Waals surface area contributed by atoms with Crippen LogP contribution in [0.2, 0.25) is 0 Å². The topological polar surface area (TPSA) is 76.9 Å². The predicted octanol–water partition coefficient (Wildman–Crippen LogP) is 2.29. The van der Waals surface area contributed by atoms with Gasteiger partial charge >= 0.3 is 5.69 Å². The number of rotatable bonds is 4. The van der Waals surface area contributed by atoms with E-state index in [1.807, 2.05) is 13.0 Å². The lowest BCUT2D eigenvalue weighted by atomic mass is 10.1. The number of benzene rings is 1. The van der Waals surface area contributed by atoms with Crippen molar-refractivity contribution < 1.29 is 9.18 Å². The van der Waals surface area contributed by atoms with Crippen molar-refractivity contribution in [2.45, 2.75) is 27.3 Å². The van der Waals surface area contributed by atoms with E-state index in [0.29, 0.717) is 34.4 Å². The Balaban J connectivity index is 1.79. The van der Waals surface area contributed by atoms with Gasteiger partial charge in [-0.25, -0.2) is 9.18 Å². The van der Waals surface area contributed by atoms with E-state index >= 15 is 0 Å². The first-order valence-corrected chi connectivity index (χ1v) is 8.25. The quantitative estimate of drug-likeness (QED) is 0.780. The SMILES string of the molecule is Cc1cc(C)n(CCNC(=O)c2cc(C)nc3cc(F)ccc23)c(=O)n1. The summed E-state index contributed by atoms with van der Waals surface area (Å²) in [6.45, 7) is 5.93. The van der Waals surface area contributed by atoms with Crippen LogP contribution < -0.4 is 11.0 Å². The number of nitrogens with zero attached hydrogens (tertiary/aromatic N) is 3. The van der Waals surface area contributed by atoms with Crippen LogP contribution in [0, 0.1) is 26.6 Å². The zero-order valence-electron chi connectivity index (χ0n) is 14.8. The highest BCUT2D eigenvalue weighted by atomic mass is 19.1. The van der Waals surface area contributed by atoms with Crippen molar-refractivity contribution in [3.8, 4) is 0 Å². The maximum atomic E-state index is 13.4. The highest BCUT2D eigenvalue weighted by Gasteiger charge is 2.13. The number of nitrogens with one attached hydrogen (secondary N) is 1. The standard InChI is InChI=1S/C19H19FN4O2/c1-11-8-13(3)24(19(26)23-11)7-6-21-18(25)16-9-12(2)22-17-10-14(20)4-5-15(16)17/h4-5,8-10H,6-7H2,1-3H3,(H,21,25). The van der Waals surface area contributed by atoms with Gasteiger partial charge in [0.15, 0.2) is 0 Å². The normalized spacial score (nSPS) is 10.9. The fourth-order valence-electron chi connectivity index (χ4n) is 2.94. The van der Waals surface area contributed by atoms with E-state index < -0.39 is 5.82 Å². The minimum absolute atomic E-state index is 0.272. The van der Waals surface area contributed by atoms with Gasteiger partial charge in [0.25, 0.3) is 5.91 Å². The maximum Gasteiger partial charge on any atom is 0.348 e. The number of carbonyl (C=O) groups is 1. The molecule has 1 amide bonds. The molecule has 0 saturated carbocycles. The van der Waals surface area contributed by atoms with Gasteiger partial charge in [-0.3, -0.25) is 14.3 Å². The molecular weight excluding hydrogens is 335 g/mol. The molecule has 2 heterocycles. The Morgan fingerprint density at radius 1 is 1.12 bits per heavy atom. The molecule has 0 saturated heterocycles. The third kappa shape index (κ3) is 3.61. The van der Waals surface area contributed by atoms with Crippen LogP contribution in [0.1, 0.15) is 27.4 Å². The largest absolute Gasteiger partial charge is 0.350 e. The summed E-state index contributed by atoms with van der Waals surface area (Å²) < 4.78 is 14.9. The van der Waals surface area contributed by atoms with Gasteiger partial charge in [-0.2, -0.15) is 4.98 Å². The lowest BCUT2D eigenvalue weighted by Crippen LogP contribution is -2.33. The van der Waals surface area contributed by atoms with Crippen LogP contribution in [-0.4, -0.2) is 27.0 Å². The van der Waals surface area contributed by atoms with Crippen LogP contribution in [0.3, 0.4) is 0 Å². The van der Waals surface area contributed by atoms with Gasteiger partial charge in [-0.05, 0) is 45.0 Å². The fourth-order valence-corrected chi connectivity index (χ4v) is 2.94. The van der Waals surface area contributed by atoms with Gasteiger partial charge in [0.1, 0.15) is 5.82 Å². The minimum atomic E-state index is -0.399.